The number of H-pyrrole nitrogens is 1. The standard InChI is InChI=1S/C19H18N4OS/c24-17(20-16-10-9-13-7-4-8-15(13)11-16)12-25-19-21-18(22-23-19)14-5-2-1-3-6-14/h1-3,5-6,9-11H,4,7-8,12H2,(H,20,24)(H,21,22,23). The minimum absolute atomic E-state index is 0.0472. The number of hydrogen-bond acceptors (Lipinski definition) is 4. The van der Waals surface area contributed by atoms with Crippen LogP contribution in [0.25, 0.3) is 11.4 Å². The van der Waals surface area contributed by atoms with Crippen LogP contribution in [0.4, 0.5) is 5.69 Å². The van der Waals surface area contributed by atoms with Gasteiger partial charge in [0.25, 0.3) is 0 Å². The number of carbonyl (C=O) groups is 1. The number of aromatic nitrogens is 3. The number of benzene rings is 2. The van der Waals surface area contributed by atoms with Gasteiger partial charge in [-0.2, -0.15) is 0 Å². The molecular formula is C19H18N4OS. The SMILES string of the molecule is O=C(CSc1n[nH]c(-c2ccccc2)n1)Nc1ccc2c(c1)CCC2. The Balaban J connectivity index is 1.34. The summed E-state index contributed by atoms with van der Waals surface area (Å²) in [6, 6.07) is 16.0. The molecule has 0 saturated heterocycles. The van der Waals surface area contributed by atoms with Crippen LogP contribution in [0, 0.1) is 0 Å². The smallest absolute Gasteiger partial charge is 0.234 e. The first kappa shape index (κ1) is 15.9. The fraction of sp³-hybridized carbons (Fsp3) is 0.211. The van der Waals surface area contributed by atoms with Crippen LogP contribution >= 0.6 is 11.8 Å². The Morgan fingerprint density at radius 2 is 1.96 bits per heavy atom. The highest BCUT2D eigenvalue weighted by molar-refractivity contribution is 7.99. The molecule has 5 nitrogen and oxygen atoms in total. The number of amides is 1. The summed E-state index contributed by atoms with van der Waals surface area (Å²) in [6.45, 7) is 0. The lowest BCUT2D eigenvalue weighted by Crippen LogP contribution is -2.14. The topological polar surface area (TPSA) is 70.7 Å². The average molecular weight is 350 g/mol. The minimum Gasteiger partial charge on any atom is -0.325 e. The summed E-state index contributed by atoms with van der Waals surface area (Å²) < 4.78 is 0. The van der Waals surface area contributed by atoms with Crippen molar-refractivity contribution in [1.29, 1.82) is 0 Å². The van der Waals surface area contributed by atoms with E-state index in [9.17, 15) is 4.79 Å². The van der Waals surface area contributed by atoms with Gasteiger partial charge < -0.3 is 5.32 Å². The van der Waals surface area contributed by atoms with Crippen LogP contribution in [0.15, 0.2) is 53.7 Å². The number of rotatable bonds is 5. The zero-order valence-electron chi connectivity index (χ0n) is 13.7. The Kier molecular flexibility index (Phi) is 4.52. The van der Waals surface area contributed by atoms with E-state index in [-0.39, 0.29) is 11.7 Å². The van der Waals surface area contributed by atoms with E-state index in [4.69, 9.17) is 0 Å². The number of nitrogens with one attached hydrogen (secondary N) is 2. The number of aromatic amines is 1. The first-order valence-electron chi connectivity index (χ1n) is 8.30. The van der Waals surface area contributed by atoms with Gasteiger partial charge in [-0.15, -0.1) is 5.10 Å². The number of aryl methyl sites for hydroxylation is 2. The monoisotopic (exact) mass is 350 g/mol. The van der Waals surface area contributed by atoms with E-state index in [1.807, 2.05) is 36.4 Å². The van der Waals surface area contributed by atoms with Crippen LogP contribution in [0.3, 0.4) is 0 Å². The van der Waals surface area contributed by atoms with E-state index in [1.165, 1.54) is 29.3 Å². The molecule has 6 heteroatoms. The first-order chi connectivity index (χ1) is 12.3. The van der Waals surface area contributed by atoms with Gasteiger partial charge in [-0.1, -0.05) is 48.2 Å². The normalized spacial score (nSPS) is 12.8. The van der Waals surface area contributed by atoms with Crippen molar-refractivity contribution >= 4 is 23.4 Å². The van der Waals surface area contributed by atoms with Crippen molar-refractivity contribution in [2.45, 2.75) is 24.4 Å². The first-order valence-corrected chi connectivity index (χ1v) is 9.29. The highest BCUT2D eigenvalue weighted by atomic mass is 32.2. The van der Waals surface area contributed by atoms with Crippen molar-refractivity contribution in [3.63, 3.8) is 0 Å². The molecule has 1 amide bonds. The minimum atomic E-state index is -0.0472. The molecule has 4 rings (SSSR count). The summed E-state index contributed by atoms with van der Waals surface area (Å²) in [4.78, 5) is 16.6. The maximum absolute atomic E-state index is 12.2. The van der Waals surface area contributed by atoms with E-state index < -0.39 is 0 Å². The Bertz CT molecular complexity index is 891. The van der Waals surface area contributed by atoms with Gasteiger partial charge >= 0.3 is 0 Å². The van der Waals surface area contributed by atoms with Gasteiger partial charge in [0.15, 0.2) is 5.82 Å². The van der Waals surface area contributed by atoms with Crippen molar-refractivity contribution in [3.8, 4) is 11.4 Å². The Labute approximate surface area is 150 Å². The summed E-state index contributed by atoms with van der Waals surface area (Å²) in [5, 5.41) is 10.6. The summed E-state index contributed by atoms with van der Waals surface area (Å²) in [7, 11) is 0. The molecule has 3 aromatic rings. The van der Waals surface area contributed by atoms with Gasteiger partial charge in [0.05, 0.1) is 5.75 Å². The number of carbonyl (C=O) groups excluding carboxylic acids is 1. The summed E-state index contributed by atoms with van der Waals surface area (Å²) in [5.41, 5.74) is 4.60. The molecule has 1 aliphatic carbocycles. The van der Waals surface area contributed by atoms with Gasteiger partial charge in [-0.25, -0.2) is 4.98 Å². The molecule has 25 heavy (non-hydrogen) atoms. The van der Waals surface area contributed by atoms with Crippen LogP contribution in [0.1, 0.15) is 17.5 Å². The molecule has 0 saturated carbocycles. The predicted octanol–water partition coefficient (Wildman–Crippen LogP) is 3.69. The Morgan fingerprint density at radius 1 is 1.12 bits per heavy atom. The molecule has 0 bridgehead atoms. The van der Waals surface area contributed by atoms with Crippen molar-refractivity contribution in [3.05, 3.63) is 59.7 Å². The molecule has 0 fully saturated rings. The maximum Gasteiger partial charge on any atom is 0.234 e. The lowest BCUT2D eigenvalue weighted by molar-refractivity contribution is -0.113. The van der Waals surface area contributed by atoms with Crippen LogP contribution in [0.2, 0.25) is 0 Å². The largest absolute Gasteiger partial charge is 0.325 e. The van der Waals surface area contributed by atoms with Gasteiger partial charge in [0.2, 0.25) is 11.1 Å². The third kappa shape index (κ3) is 3.74. The molecule has 0 unspecified atom stereocenters. The van der Waals surface area contributed by atoms with Crippen molar-refractivity contribution < 1.29 is 4.79 Å². The zero-order chi connectivity index (χ0) is 17.1. The lowest BCUT2D eigenvalue weighted by Gasteiger charge is -2.06. The van der Waals surface area contributed by atoms with Gasteiger partial charge in [-0.3, -0.25) is 9.89 Å². The second-order valence-corrected chi connectivity index (χ2v) is 6.95. The molecule has 126 valence electrons. The second-order valence-electron chi connectivity index (χ2n) is 6.01. The molecule has 2 N–H and O–H groups in total. The summed E-state index contributed by atoms with van der Waals surface area (Å²) in [6.07, 6.45) is 3.46. The van der Waals surface area contributed by atoms with Crippen molar-refractivity contribution in [2.75, 3.05) is 11.1 Å². The Hall–Kier alpha value is -2.60. The number of fused-ring (bicyclic) bond motifs is 1. The van der Waals surface area contributed by atoms with Crippen LogP contribution in [-0.2, 0) is 17.6 Å². The fourth-order valence-electron chi connectivity index (χ4n) is 3.01. The van der Waals surface area contributed by atoms with E-state index in [0.29, 0.717) is 11.0 Å². The molecule has 0 spiro atoms. The van der Waals surface area contributed by atoms with E-state index >= 15 is 0 Å². The highest BCUT2D eigenvalue weighted by Crippen LogP contribution is 2.25. The molecule has 0 radical (unpaired) electrons. The second kappa shape index (κ2) is 7.11. The van der Waals surface area contributed by atoms with Gasteiger partial charge in [0.1, 0.15) is 0 Å². The molecule has 1 aliphatic rings. The van der Waals surface area contributed by atoms with E-state index in [0.717, 1.165) is 24.1 Å². The average Bonchev–Trinajstić information content (AvgIpc) is 3.30. The quantitative estimate of drug-likeness (QED) is 0.689. The van der Waals surface area contributed by atoms with Crippen molar-refractivity contribution in [2.24, 2.45) is 0 Å². The zero-order valence-corrected chi connectivity index (χ0v) is 14.5. The number of anilines is 1. The number of hydrogen-bond donors (Lipinski definition) is 2. The molecule has 0 atom stereocenters. The van der Waals surface area contributed by atoms with Crippen molar-refractivity contribution in [1.82, 2.24) is 15.2 Å². The lowest BCUT2D eigenvalue weighted by atomic mass is 10.1. The summed E-state index contributed by atoms with van der Waals surface area (Å²) >= 11 is 1.32. The summed E-state index contributed by atoms with van der Waals surface area (Å²) in [5.74, 6) is 0.944. The van der Waals surface area contributed by atoms with E-state index in [1.54, 1.807) is 0 Å². The van der Waals surface area contributed by atoms with Gasteiger partial charge in [0, 0.05) is 11.3 Å². The maximum atomic E-state index is 12.2. The molecular weight excluding hydrogens is 332 g/mol. The molecule has 0 aliphatic heterocycles. The van der Waals surface area contributed by atoms with Crippen LogP contribution < -0.4 is 5.32 Å². The third-order valence-corrected chi connectivity index (χ3v) is 5.07. The highest BCUT2D eigenvalue weighted by Gasteiger charge is 2.13. The third-order valence-electron chi connectivity index (χ3n) is 4.23. The van der Waals surface area contributed by atoms with Crippen LogP contribution in [0.5, 0.6) is 0 Å². The molecule has 1 heterocycles. The van der Waals surface area contributed by atoms with Gasteiger partial charge in [-0.05, 0) is 42.5 Å². The number of nitrogens with zero attached hydrogens (tertiary/aromatic N) is 2. The Morgan fingerprint density at radius 3 is 2.84 bits per heavy atom. The van der Waals surface area contributed by atoms with Crippen LogP contribution in [-0.4, -0.2) is 26.8 Å². The fourth-order valence-corrected chi connectivity index (χ4v) is 3.61. The number of thioether (sulfide) groups is 1. The molecule has 1 aromatic heterocycles. The predicted molar refractivity (Wildman–Crippen MR) is 99.6 cm³/mol. The van der Waals surface area contributed by atoms with E-state index in [2.05, 4.69) is 32.6 Å². The molecule has 2 aromatic carbocycles.